The highest BCUT2D eigenvalue weighted by atomic mass is 28.4. The van der Waals surface area contributed by atoms with Crippen molar-refractivity contribution in [1.29, 1.82) is 0 Å². The minimum atomic E-state index is -2.83. The number of carbonyl (C=O) groups is 1. The van der Waals surface area contributed by atoms with Gasteiger partial charge in [-0.1, -0.05) is 87.5 Å². The zero-order valence-electron chi connectivity index (χ0n) is 28.0. The van der Waals surface area contributed by atoms with Gasteiger partial charge in [-0.2, -0.15) is 0 Å². The summed E-state index contributed by atoms with van der Waals surface area (Å²) in [6.07, 6.45) is 5.81. The van der Waals surface area contributed by atoms with Crippen molar-refractivity contribution in [2.24, 2.45) is 0 Å². The summed E-state index contributed by atoms with van der Waals surface area (Å²) >= 11 is 0. The fourth-order valence-electron chi connectivity index (χ4n) is 6.55. The van der Waals surface area contributed by atoms with Crippen molar-refractivity contribution < 1.29 is 23.1 Å². The third kappa shape index (κ3) is 6.54. The molecule has 1 aliphatic heterocycles. The first kappa shape index (κ1) is 32.8. The summed E-state index contributed by atoms with van der Waals surface area (Å²) in [6.45, 7) is 7.58. The molecule has 5 aromatic rings. The van der Waals surface area contributed by atoms with Gasteiger partial charge in [-0.3, -0.25) is 9.78 Å². The zero-order valence-corrected chi connectivity index (χ0v) is 29.0. The smallest absolute Gasteiger partial charge is 0.261 e. The van der Waals surface area contributed by atoms with Gasteiger partial charge in [0.05, 0.1) is 25.5 Å². The van der Waals surface area contributed by atoms with Crippen molar-refractivity contribution in [1.82, 2.24) is 9.97 Å². The molecular formula is C40H40FN3O4Si. The van der Waals surface area contributed by atoms with E-state index in [-0.39, 0.29) is 36.1 Å². The first-order chi connectivity index (χ1) is 23.7. The van der Waals surface area contributed by atoms with Gasteiger partial charge in [-0.05, 0) is 69.7 Å². The molecule has 0 unspecified atom stereocenters. The highest BCUT2D eigenvalue weighted by molar-refractivity contribution is 6.99. The van der Waals surface area contributed by atoms with E-state index in [9.17, 15) is 9.18 Å². The molecule has 0 atom stereocenters. The Hall–Kier alpha value is -4.70. The van der Waals surface area contributed by atoms with Crippen LogP contribution in [-0.4, -0.2) is 43.5 Å². The van der Waals surface area contributed by atoms with Gasteiger partial charge in [-0.25, -0.2) is 9.37 Å². The number of benzene rings is 3. The molecule has 9 heteroatoms. The molecule has 0 radical (unpaired) electrons. The summed E-state index contributed by atoms with van der Waals surface area (Å²) in [5.74, 6) is -0.00746. The van der Waals surface area contributed by atoms with Crippen molar-refractivity contribution in [3.8, 4) is 17.1 Å². The third-order valence-corrected chi connectivity index (χ3v) is 14.4. The summed E-state index contributed by atoms with van der Waals surface area (Å²) in [5, 5.41) is 5.13. The molecule has 2 fully saturated rings. The van der Waals surface area contributed by atoms with Gasteiger partial charge in [0, 0.05) is 29.7 Å². The second kappa shape index (κ2) is 13.3. The molecule has 1 saturated heterocycles. The predicted octanol–water partition coefficient (Wildman–Crippen LogP) is 6.81. The Labute approximate surface area is 287 Å². The molecular weight excluding hydrogens is 634 g/mol. The van der Waals surface area contributed by atoms with E-state index in [1.807, 2.05) is 36.5 Å². The van der Waals surface area contributed by atoms with Crippen LogP contribution in [0.25, 0.3) is 11.3 Å². The van der Waals surface area contributed by atoms with Gasteiger partial charge in [0.2, 0.25) is 11.8 Å². The first-order valence-corrected chi connectivity index (χ1v) is 18.6. The monoisotopic (exact) mass is 673 g/mol. The molecule has 3 heterocycles. The number of rotatable bonds is 11. The van der Waals surface area contributed by atoms with Crippen LogP contribution in [0.3, 0.4) is 0 Å². The third-order valence-electron chi connectivity index (χ3n) is 9.46. The predicted molar refractivity (Wildman–Crippen MR) is 191 cm³/mol. The lowest BCUT2D eigenvalue weighted by atomic mass is 9.78. The van der Waals surface area contributed by atoms with E-state index >= 15 is 0 Å². The Bertz CT molecular complexity index is 1870. The molecule has 7 nitrogen and oxygen atoms in total. The summed E-state index contributed by atoms with van der Waals surface area (Å²) in [7, 11) is -2.83. The van der Waals surface area contributed by atoms with E-state index in [1.54, 1.807) is 18.3 Å². The summed E-state index contributed by atoms with van der Waals surface area (Å²) in [5.41, 5.74) is 2.85. The van der Waals surface area contributed by atoms with E-state index in [1.165, 1.54) is 22.5 Å². The normalized spacial score (nSPS) is 15.7. The van der Waals surface area contributed by atoms with Crippen LogP contribution in [-0.2, 0) is 26.0 Å². The topological polar surface area (TPSA) is 82.6 Å². The second-order valence-electron chi connectivity index (χ2n) is 13.9. The van der Waals surface area contributed by atoms with E-state index in [0.29, 0.717) is 23.9 Å². The average molecular weight is 674 g/mol. The quantitative estimate of drug-likeness (QED) is 0.155. The number of halogens is 1. The Balaban J connectivity index is 1.22. The Morgan fingerprint density at radius 2 is 1.55 bits per heavy atom. The van der Waals surface area contributed by atoms with Crippen LogP contribution in [0.5, 0.6) is 5.88 Å². The van der Waals surface area contributed by atoms with Gasteiger partial charge in [-0.15, -0.1) is 0 Å². The lowest BCUT2D eigenvalue weighted by molar-refractivity contribution is -0.139. The summed E-state index contributed by atoms with van der Waals surface area (Å²) in [6, 6.07) is 32.7. The Morgan fingerprint density at radius 1 is 0.898 bits per heavy atom. The molecule has 2 aromatic heterocycles. The Morgan fingerprint density at radius 3 is 2.08 bits per heavy atom. The maximum Gasteiger partial charge on any atom is 0.261 e. The maximum absolute atomic E-state index is 13.5. The zero-order chi connectivity index (χ0) is 34.1. The Kier molecular flexibility index (Phi) is 8.91. The number of hydrogen-bond donors (Lipinski definition) is 1. The highest BCUT2D eigenvalue weighted by Crippen LogP contribution is 2.39. The number of pyridine rings is 2. The lowest BCUT2D eigenvalue weighted by Crippen LogP contribution is -2.66. The fraction of sp³-hybridized carbons (Fsp3) is 0.275. The van der Waals surface area contributed by atoms with Crippen LogP contribution < -0.4 is 20.4 Å². The molecule has 2 aliphatic rings. The van der Waals surface area contributed by atoms with E-state index < -0.39 is 13.7 Å². The van der Waals surface area contributed by atoms with Crippen LogP contribution in [0.15, 0.2) is 116 Å². The number of nitrogens with one attached hydrogen (secondary N) is 1. The highest BCUT2D eigenvalue weighted by Gasteiger charge is 2.50. The molecule has 0 bridgehead atoms. The molecule has 1 saturated carbocycles. The molecule has 0 spiro atoms. The molecule has 7 rings (SSSR count). The van der Waals surface area contributed by atoms with E-state index in [4.69, 9.17) is 18.9 Å². The van der Waals surface area contributed by atoms with Crippen LogP contribution in [0.1, 0.15) is 44.7 Å². The number of carbonyl (C=O) groups excluding carboxylic acids is 1. The molecule has 1 N–H and O–H groups in total. The minimum Gasteiger partial charge on any atom is -0.474 e. The van der Waals surface area contributed by atoms with Crippen LogP contribution in [0, 0.1) is 5.82 Å². The van der Waals surface area contributed by atoms with Gasteiger partial charge in [0.25, 0.3) is 8.32 Å². The lowest BCUT2D eigenvalue weighted by Gasteiger charge is -2.43. The largest absolute Gasteiger partial charge is 0.474 e. The SMILES string of the molecule is CC(C)(C)[Si](OCc1cc(OC2CC2)ncc1-c1ccc(C2(C(=O)Nc3ccc(F)cc3)COC2)cn1)(c1ccccc1)c1ccccc1. The summed E-state index contributed by atoms with van der Waals surface area (Å²) in [4.78, 5) is 23.0. The molecule has 49 heavy (non-hydrogen) atoms. The van der Waals surface area contributed by atoms with Crippen LogP contribution in [0.2, 0.25) is 5.04 Å². The second-order valence-corrected chi connectivity index (χ2v) is 18.2. The number of anilines is 1. The van der Waals surface area contributed by atoms with Gasteiger partial charge in [0.1, 0.15) is 17.3 Å². The standard InChI is InChI=1S/C40H40FN3O4Si/c1-39(2,3)49(33-10-6-4-7-11-33,34-12-8-5-9-13-34)47-25-28-22-37(48-32-19-20-32)43-24-35(28)36-21-14-29(23-42-36)40(26-46-27-40)38(45)44-31-17-15-30(41)16-18-31/h4-18,21-24,32H,19-20,25-27H2,1-3H3,(H,44,45). The van der Waals surface area contributed by atoms with Crippen molar-refractivity contribution in [3.63, 3.8) is 0 Å². The molecule has 1 amide bonds. The van der Waals surface area contributed by atoms with Crippen LogP contribution >= 0.6 is 0 Å². The van der Waals surface area contributed by atoms with E-state index in [0.717, 1.165) is 29.5 Å². The summed E-state index contributed by atoms with van der Waals surface area (Å²) < 4.78 is 32.4. The van der Waals surface area contributed by atoms with Crippen molar-refractivity contribution >= 4 is 30.3 Å². The average Bonchev–Trinajstić information content (AvgIpc) is 3.91. The first-order valence-electron chi connectivity index (χ1n) is 16.7. The number of ether oxygens (including phenoxy) is 2. The molecule has 250 valence electrons. The minimum absolute atomic E-state index is 0.191. The van der Waals surface area contributed by atoms with Gasteiger partial charge in [0.15, 0.2) is 0 Å². The number of nitrogens with zero attached hydrogens (tertiary/aromatic N) is 2. The van der Waals surface area contributed by atoms with Crippen molar-refractivity contribution in [2.45, 2.75) is 56.8 Å². The molecule has 1 aliphatic carbocycles. The van der Waals surface area contributed by atoms with Gasteiger partial charge >= 0.3 is 0 Å². The number of hydrogen-bond acceptors (Lipinski definition) is 6. The van der Waals surface area contributed by atoms with Gasteiger partial charge < -0.3 is 19.2 Å². The maximum atomic E-state index is 13.5. The van der Waals surface area contributed by atoms with Crippen LogP contribution in [0.4, 0.5) is 10.1 Å². The van der Waals surface area contributed by atoms with E-state index in [2.05, 4.69) is 79.6 Å². The van der Waals surface area contributed by atoms with Crippen molar-refractivity contribution in [3.05, 3.63) is 132 Å². The van der Waals surface area contributed by atoms with Crippen molar-refractivity contribution in [2.75, 3.05) is 18.5 Å². The fourth-order valence-corrected chi connectivity index (χ4v) is 11.1. The number of aromatic nitrogens is 2. The molecule has 3 aromatic carbocycles. The number of amides is 1.